The van der Waals surface area contributed by atoms with Gasteiger partial charge in [-0.1, -0.05) is 41.4 Å². The molecule has 3 aromatic rings. The standard InChI is InChI=1S/C28H31Cl2N7O5S/c1-36(2)13-4-3-11-24(38)32-18-7-5-8-20(15-18)43(41,42)37-14-12-19(17-37)33-28(40)26-23(16-31-35-26)34-27(39)25-21(29)9-6-10-22(25)30/h3,5-11,15-16,19H,4,12-14,17H2,1-2H3,(H,31,35)(H,32,38)(H,33,40)(H,34,39)/b11-3+/t19-/m0/s1. The fourth-order valence-electron chi connectivity index (χ4n) is 4.37. The fourth-order valence-corrected chi connectivity index (χ4v) is 6.48. The van der Waals surface area contributed by atoms with Gasteiger partial charge in [0.05, 0.1) is 32.4 Å². The first-order valence-corrected chi connectivity index (χ1v) is 15.5. The molecule has 0 radical (unpaired) electrons. The van der Waals surface area contributed by atoms with E-state index in [-0.39, 0.29) is 50.9 Å². The number of nitrogens with zero attached hydrogens (tertiary/aromatic N) is 3. The molecule has 1 fully saturated rings. The third-order valence-electron chi connectivity index (χ3n) is 6.54. The topological polar surface area (TPSA) is 157 Å². The molecule has 12 nitrogen and oxygen atoms in total. The molecule has 0 aliphatic carbocycles. The number of sulfonamides is 1. The lowest BCUT2D eigenvalue weighted by Crippen LogP contribution is -2.39. The number of halogens is 2. The highest BCUT2D eigenvalue weighted by Gasteiger charge is 2.34. The van der Waals surface area contributed by atoms with E-state index in [0.29, 0.717) is 18.5 Å². The molecule has 15 heteroatoms. The highest BCUT2D eigenvalue weighted by Crippen LogP contribution is 2.27. The summed E-state index contributed by atoms with van der Waals surface area (Å²) in [6.45, 7) is 1.01. The number of H-pyrrole nitrogens is 1. The van der Waals surface area contributed by atoms with E-state index in [1.54, 1.807) is 24.3 Å². The Labute approximate surface area is 259 Å². The van der Waals surface area contributed by atoms with Crippen molar-refractivity contribution in [3.8, 4) is 0 Å². The normalized spacial score (nSPS) is 15.6. The Morgan fingerprint density at radius 3 is 2.53 bits per heavy atom. The highest BCUT2D eigenvalue weighted by atomic mass is 35.5. The Hall–Kier alpha value is -3.75. The van der Waals surface area contributed by atoms with Crippen molar-refractivity contribution in [1.82, 2.24) is 24.7 Å². The lowest BCUT2D eigenvalue weighted by Gasteiger charge is -2.18. The quantitative estimate of drug-likeness (QED) is 0.232. The zero-order valence-electron chi connectivity index (χ0n) is 23.4. The van der Waals surface area contributed by atoms with Gasteiger partial charge in [0, 0.05) is 31.4 Å². The number of rotatable bonds is 11. The molecule has 1 aliphatic heterocycles. The van der Waals surface area contributed by atoms with Crippen molar-refractivity contribution in [2.45, 2.75) is 23.8 Å². The average Bonchev–Trinajstić information content (AvgIpc) is 3.61. The number of carbonyl (C=O) groups excluding carboxylic acids is 3. The van der Waals surface area contributed by atoms with Crippen LogP contribution < -0.4 is 16.0 Å². The SMILES string of the molecule is CN(C)CC/C=C/C(=O)Nc1cccc(S(=O)(=O)N2CC[C@H](NC(=O)c3[nH]ncc3NC(=O)c3c(Cl)cccc3Cl)C2)c1. The lowest BCUT2D eigenvalue weighted by molar-refractivity contribution is -0.111. The zero-order chi connectivity index (χ0) is 31.1. The molecule has 0 unspecified atom stereocenters. The third kappa shape index (κ3) is 8.21. The maximum atomic E-state index is 13.4. The minimum atomic E-state index is -3.91. The summed E-state index contributed by atoms with van der Waals surface area (Å²) in [5, 5.41) is 14.8. The van der Waals surface area contributed by atoms with Crippen LogP contribution in [0.4, 0.5) is 11.4 Å². The van der Waals surface area contributed by atoms with E-state index in [1.165, 1.54) is 40.8 Å². The summed E-state index contributed by atoms with van der Waals surface area (Å²) in [7, 11) is -0.0302. The first kappa shape index (κ1) is 32.2. The van der Waals surface area contributed by atoms with Crippen molar-refractivity contribution >= 4 is 62.3 Å². The van der Waals surface area contributed by atoms with Crippen LogP contribution in [0.25, 0.3) is 0 Å². The molecule has 2 aromatic carbocycles. The minimum Gasteiger partial charge on any atom is -0.347 e. The molecule has 2 heterocycles. The van der Waals surface area contributed by atoms with Gasteiger partial charge in [-0.25, -0.2) is 8.42 Å². The Morgan fingerprint density at radius 2 is 1.81 bits per heavy atom. The predicted octanol–water partition coefficient (Wildman–Crippen LogP) is 3.61. The van der Waals surface area contributed by atoms with E-state index in [1.807, 2.05) is 19.0 Å². The molecule has 0 saturated carbocycles. The van der Waals surface area contributed by atoms with Gasteiger partial charge in [0.2, 0.25) is 15.9 Å². The molecule has 1 aromatic heterocycles. The number of nitrogens with one attached hydrogen (secondary N) is 4. The molecule has 1 aliphatic rings. The van der Waals surface area contributed by atoms with E-state index in [9.17, 15) is 22.8 Å². The summed E-state index contributed by atoms with van der Waals surface area (Å²) in [6.07, 6.45) is 5.51. The zero-order valence-corrected chi connectivity index (χ0v) is 25.8. The second-order valence-electron chi connectivity index (χ2n) is 10.0. The first-order chi connectivity index (χ1) is 20.5. The van der Waals surface area contributed by atoms with Crippen LogP contribution in [0.15, 0.2) is 65.7 Å². The van der Waals surface area contributed by atoms with Gasteiger partial charge >= 0.3 is 0 Å². The molecule has 3 amide bonds. The van der Waals surface area contributed by atoms with Crippen LogP contribution in [0, 0.1) is 0 Å². The summed E-state index contributed by atoms with van der Waals surface area (Å²) in [4.78, 5) is 40.1. The number of hydrogen-bond acceptors (Lipinski definition) is 7. The third-order valence-corrected chi connectivity index (χ3v) is 9.03. The van der Waals surface area contributed by atoms with Crippen LogP contribution in [0.1, 0.15) is 33.7 Å². The van der Waals surface area contributed by atoms with Crippen LogP contribution in [-0.2, 0) is 14.8 Å². The van der Waals surface area contributed by atoms with Gasteiger partial charge in [-0.15, -0.1) is 0 Å². The van der Waals surface area contributed by atoms with Crippen LogP contribution in [0.3, 0.4) is 0 Å². The maximum Gasteiger partial charge on any atom is 0.271 e. The Bertz CT molecular complexity index is 1620. The summed E-state index contributed by atoms with van der Waals surface area (Å²) >= 11 is 12.2. The van der Waals surface area contributed by atoms with E-state index in [4.69, 9.17) is 23.2 Å². The number of amides is 3. The molecule has 0 bridgehead atoms. The Balaban J connectivity index is 1.36. The van der Waals surface area contributed by atoms with E-state index in [2.05, 4.69) is 26.1 Å². The summed E-state index contributed by atoms with van der Waals surface area (Å²) < 4.78 is 28.0. The van der Waals surface area contributed by atoms with Crippen LogP contribution >= 0.6 is 23.2 Å². The van der Waals surface area contributed by atoms with Crippen molar-refractivity contribution in [2.24, 2.45) is 0 Å². The van der Waals surface area contributed by atoms with Gasteiger partial charge < -0.3 is 20.9 Å². The van der Waals surface area contributed by atoms with Gasteiger partial charge in [-0.3, -0.25) is 19.5 Å². The second-order valence-corrected chi connectivity index (χ2v) is 12.8. The van der Waals surface area contributed by atoms with Crippen LogP contribution in [0.2, 0.25) is 10.0 Å². The molecule has 0 spiro atoms. The number of hydrogen-bond donors (Lipinski definition) is 4. The van der Waals surface area contributed by atoms with E-state index >= 15 is 0 Å². The predicted molar refractivity (Wildman–Crippen MR) is 165 cm³/mol. The lowest BCUT2D eigenvalue weighted by atomic mass is 10.2. The average molecular weight is 649 g/mol. The summed E-state index contributed by atoms with van der Waals surface area (Å²) in [6, 6.07) is 10.2. The summed E-state index contributed by atoms with van der Waals surface area (Å²) in [5.41, 5.74) is 0.485. The van der Waals surface area contributed by atoms with Crippen molar-refractivity contribution in [3.05, 3.63) is 82.1 Å². The number of benzene rings is 2. The van der Waals surface area contributed by atoms with Crippen molar-refractivity contribution in [3.63, 3.8) is 0 Å². The second kappa shape index (κ2) is 14.1. The van der Waals surface area contributed by atoms with Crippen molar-refractivity contribution < 1.29 is 22.8 Å². The smallest absolute Gasteiger partial charge is 0.271 e. The Morgan fingerprint density at radius 1 is 1.09 bits per heavy atom. The van der Waals surface area contributed by atoms with Crippen LogP contribution in [0.5, 0.6) is 0 Å². The van der Waals surface area contributed by atoms with Gasteiger partial charge in [0.15, 0.2) is 0 Å². The van der Waals surface area contributed by atoms with Gasteiger partial charge in [0.1, 0.15) is 5.69 Å². The number of aromatic amines is 1. The van der Waals surface area contributed by atoms with E-state index < -0.39 is 27.9 Å². The molecule has 1 atom stereocenters. The molecule has 4 N–H and O–H groups in total. The van der Waals surface area contributed by atoms with E-state index in [0.717, 1.165) is 6.54 Å². The minimum absolute atomic E-state index is 0.0166. The highest BCUT2D eigenvalue weighted by molar-refractivity contribution is 7.89. The molecular weight excluding hydrogens is 617 g/mol. The van der Waals surface area contributed by atoms with Gasteiger partial charge in [-0.2, -0.15) is 9.40 Å². The number of carbonyl (C=O) groups is 3. The molecule has 43 heavy (non-hydrogen) atoms. The maximum absolute atomic E-state index is 13.4. The molecular formula is C28H31Cl2N7O5S. The summed E-state index contributed by atoms with van der Waals surface area (Å²) in [5.74, 6) is -1.56. The van der Waals surface area contributed by atoms with Gasteiger partial charge in [0.25, 0.3) is 11.8 Å². The molecule has 1 saturated heterocycles. The van der Waals surface area contributed by atoms with Crippen LogP contribution in [-0.4, -0.2) is 85.3 Å². The Kier molecular flexibility index (Phi) is 10.6. The van der Waals surface area contributed by atoms with Crippen molar-refractivity contribution in [1.29, 1.82) is 0 Å². The van der Waals surface area contributed by atoms with Gasteiger partial charge in [-0.05, 0) is 63.3 Å². The fraction of sp³-hybridized carbons (Fsp3) is 0.286. The number of anilines is 2. The largest absolute Gasteiger partial charge is 0.347 e. The first-order valence-electron chi connectivity index (χ1n) is 13.3. The monoisotopic (exact) mass is 647 g/mol. The van der Waals surface area contributed by atoms with Crippen molar-refractivity contribution in [2.75, 3.05) is 44.4 Å². The molecule has 4 rings (SSSR count). The molecule has 228 valence electrons. The number of aromatic nitrogens is 2.